The van der Waals surface area contributed by atoms with Gasteiger partial charge in [0.1, 0.15) is 17.4 Å². The van der Waals surface area contributed by atoms with Crippen molar-refractivity contribution in [2.45, 2.75) is 24.9 Å². The molecular formula is C17H16F2O2. The average molecular weight is 290 g/mol. The summed E-state index contributed by atoms with van der Waals surface area (Å²) in [4.78, 5) is 0. The van der Waals surface area contributed by atoms with Crippen LogP contribution in [-0.4, -0.2) is 11.7 Å². The van der Waals surface area contributed by atoms with Crippen LogP contribution >= 0.6 is 0 Å². The van der Waals surface area contributed by atoms with Gasteiger partial charge in [-0.25, -0.2) is 8.78 Å². The standard InChI is InChI=1S/C17H16F2O2/c18-12-5-6-14(15(19)10-12)16(20)9-11-7-8-21-17-4-2-1-3-13(11)17/h1-6,10-11,16,20H,7-9H2. The van der Waals surface area contributed by atoms with Crippen LogP contribution in [0.4, 0.5) is 8.78 Å². The van der Waals surface area contributed by atoms with E-state index < -0.39 is 17.7 Å². The molecule has 0 radical (unpaired) electrons. The van der Waals surface area contributed by atoms with E-state index >= 15 is 0 Å². The molecule has 0 aliphatic carbocycles. The Labute approximate surface area is 122 Å². The fourth-order valence-electron chi connectivity index (χ4n) is 2.83. The number of aliphatic hydroxyl groups is 1. The quantitative estimate of drug-likeness (QED) is 0.927. The zero-order valence-electron chi connectivity index (χ0n) is 11.4. The summed E-state index contributed by atoms with van der Waals surface area (Å²) >= 11 is 0. The first-order valence-corrected chi connectivity index (χ1v) is 7.00. The molecule has 2 aromatic rings. The number of halogens is 2. The first-order valence-electron chi connectivity index (χ1n) is 7.00. The molecule has 1 aliphatic heterocycles. The fourth-order valence-corrected chi connectivity index (χ4v) is 2.83. The second-order valence-electron chi connectivity index (χ2n) is 5.29. The van der Waals surface area contributed by atoms with E-state index in [0.29, 0.717) is 13.0 Å². The second-order valence-corrected chi connectivity index (χ2v) is 5.29. The molecule has 0 saturated carbocycles. The van der Waals surface area contributed by atoms with Gasteiger partial charge in [0.05, 0.1) is 12.7 Å². The molecule has 0 saturated heterocycles. The Balaban J connectivity index is 1.81. The summed E-state index contributed by atoms with van der Waals surface area (Å²) in [6, 6.07) is 11.0. The lowest BCUT2D eigenvalue weighted by Gasteiger charge is -2.27. The maximum atomic E-state index is 13.7. The van der Waals surface area contributed by atoms with Crippen molar-refractivity contribution in [3.05, 3.63) is 65.2 Å². The van der Waals surface area contributed by atoms with Gasteiger partial charge >= 0.3 is 0 Å². The Hall–Kier alpha value is -1.94. The topological polar surface area (TPSA) is 29.5 Å². The number of benzene rings is 2. The molecule has 1 N–H and O–H groups in total. The average Bonchev–Trinajstić information content (AvgIpc) is 2.47. The van der Waals surface area contributed by atoms with Crippen LogP contribution in [0, 0.1) is 11.6 Å². The maximum Gasteiger partial charge on any atom is 0.131 e. The van der Waals surface area contributed by atoms with Crippen molar-refractivity contribution in [2.75, 3.05) is 6.61 Å². The van der Waals surface area contributed by atoms with Gasteiger partial charge in [0.25, 0.3) is 0 Å². The van der Waals surface area contributed by atoms with Crippen LogP contribution in [0.2, 0.25) is 0 Å². The molecule has 110 valence electrons. The van der Waals surface area contributed by atoms with E-state index in [2.05, 4.69) is 0 Å². The van der Waals surface area contributed by atoms with Crippen LogP contribution in [0.15, 0.2) is 42.5 Å². The molecule has 0 fully saturated rings. The molecule has 1 aliphatic rings. The third kappa shape index (κ3) is 2.90. The Bertz CT molecular complexity index is 642. The molecular weight excluding hydrogens is 274 g/mol. The van der Waals surface area contributed by atoms with Crippen molar-refractivity contribution in [1.82, 2.24) is 0 Å². The number of para-hydroxylation sites is 1. The Morgan fingerprint density at radius 1 is 1.19 bits per heavy atom. The largest absolute Gasteiger partial charge is 0.493 e. The third-order valence-corrected chi connectivity index (χ3v) is 3.91. The van der Waals surface area contributed by atoms with E-state index in [-0.39, 0.29) is 11.5 Å². The normalized spacial score (nSPS) is 18.7. The maximum absolute atomic E-state index is 13.7. The number of aliphatic hydroxyl groups excluding tert-OH is 1. The van der Waals surface area contributed by atoms with Gasteiger partial charge in [0.15, 0.2) is 0 Å². The van der Waals surface area contributed by atoms with Crippen LogP contribution < -0.4 is 4.74 Å². The summed E-state index contributed by atoms with van der Waals surface area (Å²) in [5.41, 5.74) is 1.17. The van der Waals surface area contributed by atoms with Crippen molar-refractivity contribution < 1.29 is 18.6 Å². The van der Waals surface area contributed by atoms with Crippen molar-refractivity contribution in [1.29, 1.82) is 0 Å². The fraction of sp³-hybridized carbons (Fsp3) is 0.294. The zero-order valence-corrected chi connectivity index (χ0v) is 11.4. The minimum atomic E-state index is -0.957. The highest BCUT2D eigenvalue weighted by molar-refractivity contribution is 5.38. The van der Waals surface area contributed by atoms with Gasteiger partial charge in [0.2, 0.25) is 0 Å². The van der Waals surface area contributed by atoms with Gasteiger partial charge in [0, 0.05) is 11.6 Å². The second kappa shape index (κ2) is 5.82. The van der Waals surface area contributed by atoms with Crippen LogP contribution in [-0.2, 0) is 0 Å². The highest BCUT2D eigenvalue weighted by atomic mass is 19.1. The monoisotopic (exact) mass is 290 g/mol. The lowest BCUT2D eigenvalue weighted by atomic mass is 9.86. The van der Waals surface area contributed by atoms with E-state index in [1.807, 2.05) is 24.3 Å². The summed E-state index contributed by atoms with van der Waals surface area (Å²) < 4.78 is 32.2. The minimum Gasteiger partial charge on any atom is -0.493 e. The highest BCUT2D eigenvalue weighted by Crippen LogP contribution is 2.39. The number of hydrogen-bond acceptors (Lipinski definition) is 2. The van der Waals surface area contributed by atoms with Crippen molar-refractivity contribution in [2.24, 2.45) is 0 Å². The molecule has 0 bridgehead atoms. The Morgan fingerprint density at radius 2 is 2.00 bits per heavy atom. The summed E-state index contributed by atoms with van der Waals surface area (Å²) in [6.07, 6.45) is 0.210. The number of rotatable bonds is 3. The predicted molar refractivity (Wildman–Crippen MR) is 75.2 cm³/mol. The number of ether oxygens (including phenoxy) is 1. The lowest BCUT2D eigenvalue weighted by Crippen LogP contribution is -2.17. The number of fused-ring (bicyclic) bond motifs is 1. The van der Waals surface area contributed by atoms with E-state index in [0.717, 1.165) is 23.8 Å². The van der Waals surface area contributed by atoms with Crippen LogP contribution in [0.5, 0.6) is 5.75 Å². The molecule has 2 unspecified atom stereocenters. The molecule has 0 aromatic heterocycles. The lowest BCUT2D eigenvalue weighted by molar-refractivity contribution is 0.141. The van der Waals surface area contributed by atoms with Crippen molar-refractivity contribution >= 4 is 0 Å². The van der Waals surface area contributed by atoms with Gasteiger partial charge in [-0.2, -0.15) is 0 Å². The SMILES string of the molecule is OC(CC1CCOc2ccccc21)c1ccc(F)cc1F. The van der Waals surface area contributed by atoms with Crippen molar-refractivity contribution in [3.8, 4) is 5.75 Å². The zero-order chi connectivity index (χ0) is 14.8. The molecule has 21 heavy (non-hydrogen) atoms. The molecule has 0 amide bonds. The number of hydrogen-bond donors (Lipinski definition) is 1. The van der Waals surface area contributed by atoms with Gasteiger partial charge in [-0.3, -0.25) is 0 Å². The van der Waals surface area contributed by atoms with Crippen LogP contribution in [0.1, 0.15) is 36.0 Å². The highest BCUT2D eigenvalue weighted by Gasteiger charge is 2.25. The molecule has 4 heteroatoms. The minimum absolute atomic E-state index is 0.106. The Morgan fingerprint density at radius 3 is 2.81 bits per heavy atom. The molecule has 1 heterocycles. The van der Waals surface area contributed by atoms with Crippen LogP contribution in [0.25, 0.3) is 0 Å². The van der Waals surface area contributed by atoms with Gasteiger partial charge in [-0.05, 0) is 36.5 Å². The van der Waals surface area contributed by atoms with Gasteiger partial charge in [-0.15, -0.1) is 0 Å². The van der Waals surface area contributed by atoms with E-state index in [1.165, 1.54) is 12.1 Å². The van der Waals surface area contributed by atoms with E-state index in [1.54, 1.807) is 0 Å². The summed E-state index contributed by atoms with van der Waals surface area (Å²) in [5, 5.41) is 10.3. The first-order chi connectivity index (χ1) is 10.1. The van der Waals surface area contributed by atoms with Crippen LogP contribution in [0.3, 0.4) is 0 Å². The smallest absolute Gasteiger partial charge is 0.131 e. The first kappa shape index (κ1) is 14.0. The van der Waals surface area contributed by atoms with E-state index in [4.69, 9.17) is 4.74 Å². The summed E-state index contributed by atoms with van der Waals surface area (Å²) in [6.45, 7) is 0.584. The predicted octanol–water partition coefficient (Wildman–Crippen LogP) is 3.95. The summed E-state index contributed by atoms with van der Waals surface area (Å²) in [7, 11) is 0. The van der Waals surface area contributed by atoms with Gasteiger partial charge in [-0.1, -0.05) is 24.3 Å². The van der Waals surface area contributed by atoms with E-state index in [9.17, 15) is 13.9 Å². The van der Waals surface area contributed by atoms with Gasteiger partial charge < -0.3 is 9.84 Å². The Kier molecular flexibility index (Phi) is 3.88. The third-order valence-electron chi connectivity index (χ3n) is 3.91. The molecule has 2 atom stereocenters. The van der Waals surface area contributed by atoms with Crippen molar-refractivity contribution in [3.63, 3.8) is 0 Å². The molecule has 0 spiro atoms. The molecule has 3 rings (SSSR count). The summed E-state index contributed by atoms with van der Waals surface area (Å²) in [5.74, 6) is -0.419. The molecule has 2 aromatic carbocycles. The molecule has 2 nitrogen and oxygen atoms in total.